The van der Waals surface area contributed by atoms with Gasteiger partial charge in [0.25, 0.3) is 0 Å². The molecule has 5 nitrogen and oxygen atoms in total. The smallest absolute Gasteiger partial charge is 0.247 e. The molecule has 1 unspecified atom stereocenters. The summed E-state index contributed by atoms with van der Waals surface area (Å²) < 4.78 is 0. The van der Waals surface area contributed by atoms with Crippen LogP contribution < -0.4 is 5.32 Å². The van der Waals surface area contributed by atoms with E-state index in [9.17, 15) is 9.59 Å². The molecule has 1 atom stereocenters. The molecule has 0 spiro atoms. The van der Waals surface area contributed by atoms with Crippen molar-refractivity contribution in [1.29, 1.82) is 0 Å². The summed E-state index contributed by atoms with van der Waals surface area (Å²) in [6, 6.07) is -0.123. The zero-order valence-electron chi connectivity index (χ0n) is 13.4. The summed E-state index contributed by atoms with van der Waals surface area (Å²) in [6.45, 7) is 8.16. The quantitative estimate of drug-likeness (QED) is 0.687. The van der Waals surface area contributed by atoms with Crippen molar-refractivity contribution in [3.63, 3.8) is 0 Å². The maximum atomic E-state index is 12.4. The summed E-state index contributed by atoms with van der Waals surface area (Å²) in [7, 11) is 0. The molecule has 0 aromatic heterocycles. The van der Waals surface area contributed by atoms with E-state index in [0.29, 0.717) is 6.42 Å². The van der Waals surface area contributed by atoms with Crippen LogP contribution in [0.25, 0.3) is 0 Å². The van der Waals surface area contributed by atoms with Gasteiger partial charge in [-0.05, 0) is 32.4 Å². The number of hydrogen-bond donors (Lipinski definition) is 1. The van der Waals surface area contributed by atoms with Crippen LogP contribution in [0.5, 0.6) is 0 Å². The molecule has 2 aliphatic rings. The van der Waals surface area contributed by atoms with Gasteiger partial charge in [-0.1, -0.05) is 26.7 Å². The maximum absolute atomic E-state index is 12.4. The van der Waals surface area contributed by atoms with E-state index in [1.807, 2.05) is 0 Å². The van der Waals surface area contributed by atoms with Crippen molar-refractivity contribution in [2.75, 3.05) is 26.2 Å². The van der Waals surface area contributed by atoms with Crippen LogP contribution in [-0.4, -0.2) is 59.9 Å². The average Bonchev–Trinajstić information content (AvgIpc) is 3.07. The second-order valence-electron chi connectivity index (χ2n) is 6.19. The van der Waals surface area contributed by atoms with Crippen molar-refractivity contribution < 1.29 is 9.59 Å². The fourth-order valence-corrected chi connectivity index (χ4v) is 3.50. The second kappa shape index (κ2) is 7.90. The van der Waals surface area contributed by atoms with Gasteiger partial charge in [0, 0.05) is 19.1 Å². The molecule has 1 saturated carbocycles. The number of likely N-dealkylation sites (tertiary alicyclic amines) is 1. The van der Waals surface area contributed by atoms with E-state index < -0.39 is 0 Å². The molecule has 21 heavy (non-hydrogen) atoms. The number of nitrogens with zero attached hydrogens (tertiary/aromatic N) is 2. The van der Waals surface area contributed by atoms with Gasteiger partial charge in [-0.2, -0.15) is 0 Å². The molecule has 5 heteroatoms. The highest BCUT2D eigenvalue weighted by molar-refractivity contribution is 6.05. The number of nitrogens with one attached hydrogen (secondary N) is 1. The third kappa shape index (κ3) is 4.04. The van der Waals surface area contributed by atoms with Crippen LogP contribution in [0.3, 0.4) is 0 Å². The molecular formula is C16H29N3O2. The normalized spacial score (nSPS) is 23.8. The summed E-state index contributed by atoms with van der Waals surface area (Å²) in [5.41, 5.74) is 0. The maximum Gasteiger partial charge on any atom is 0.247 e. The number of rotatable bonds is 8. The molecule has 0 aromatic rings. The van der Waals surface area contributed by atoms with Crippen molar-refractivity contribution in [2.45, 2.75) is 64.5 Å². The van der Waals surface area contributed by atoms with E-state index in [0.717, 1.165) is 58.3 Å². The zero-order valence-corrected chi connectivity index (χ0v) is 13.4. The van der Waals surface area contributed by atoms with Crippen molar-refractivity contribution in [1.82, 2.24) is 15.1 Å². The van der Waals surface area contributed by atoms with E-state index in [1.54, 1.807) is 4.90 Å². The molecular weight excluding hydrogens is 266 g/mol. The summed E-state index contributed by atoms with van der Waals surface area (Å²) >= 11 is 0. The molecule has 2 rings (SSSR count). The van der Waals surface area contributed by atoms with Crippen LogP contribution >= 0.6 is 0 Å². The molecule has 1 saturated heterocycles. The van der Waals surface area contributed by atoms with Gasteiger partial charge in [0.1, 0.15) is 0 Å². The van der Waals surface area contributed by atoms with E-state index >= 15 is 0 Å². The number of hydrogen-bond acceptors (Lipinski definition) is 4. The molecule has 0 aromatic carbocycles. The molecule has 1 heterocycles. The average molecular weight is 295 g/mol. The molecule has 0 radical (unpaired) electrons. The topological polar surface area (TPSA) is 52.7 Å². The SMILES string of the molecule is CCCN(CC)CCNC1CC(=O)N(C2CCCC2)C1=O. The number of carbonyl (C=O) groups excluding carboxylic acids is 2. The molecule has 1 aliphatic carbocycles. The zero-order chi connectivity index (χ0) is 15.2. The minimum atomic E-state index is -0.293. The fraction of sp³-hybridized carbons (Fsp3) is 0.875. The summed E-state index contributed by atoms with van der Waals surface area (Å²) in [5.74, 6) is 0.0238. The predicted molar refractivity (Wildman–Crippen MR) is 82.9 cm³/mol. The Kier molecular flexibility index (Phi) is 6.18. The first-order valence-corrected chi connectivity index (χ1v) is 8.49. The van der Waals surface area contributed by atoms with E-state index in [2.05, 4.69) is 24.1 Å². The number of imide groups is 1. The van der Waals surface area contributed by atoms with Crippen LogP contribution in [-0.2, 0) is 9.59 Å². The molecule has 1 N–H and O–H groups in total. The Bertz CT molecular complexity index is 367. The molecule has 2 fully saturated rings. The monoisotopic (exact) mass is 295 g/mol. The van der Waals surface area contributed by atoms with Crippen LogP contribution in [0.15, 0.2) is 0 Å². The number of carbonyl (C=O) groups is 2. The van der Waals surface area contributed by atoms with Crippen molar-refractivity contribution >= 4 is 11.8 Å². The highest BCUT2D eigenvalue weighted by Crippen LogP contribution is 2.28. The van der Waals surface area contributed by atoms with Crippen LogP contribution in [0.1, 0.15) is 52.4 Å². The molecule has 0 bridgehead atoms. The highest BCUT2D eigenvalue weighted by Gasteiger charge is 2.42. The molecule has 1 aliphatic heterocycles. The lowest BCUT2D eigenvalue weighted by Crippen LogP contribution is -2.44. The summed E-state index contributed by atoms with van der Waals surface area (Å²) in [5, 5.41) is 3.28. The lowest BCUT2D eigenvalue weighted by Gasteiger charge is -2.23. The third-order valence-electron chi connectivity index (χ3n) is 4.68. The Balaban J connectivity index is 1.79. The Labute approximate surface area is 128 Å². The fourth-order valence-electron chi connectivity index (χ4n) is 3.50. The van der Waals surface area contributed by atoms with Crippen LogP contribution in [0.2, 0.25) is 0 Å². The minimum Gasteiger partial charge on any atom is -0.304 e. The van der Waals surface area contributed by atoms with Crippen molar-refractivity contribution in [2.24, 2.45) is 0 Å². The highest BCUT2D eigenvalue weighted by atomic mass is 16.2. The van der Waals surface area contributed by atoms with E-state index in [4.69, 9.17) is 0 Å². The number of amides is 2. The van der Waals surface area contributed by atoms with Gasteiger partial charge in [0.2, 0.25) is 11.8 Å². The molecule has 2 amide bonds. The van der Waals surface area contributed by atoms with Gasteiger partial charge >= 0.3 is 0 Å². The van der Waals surface area contributed by atoms with Crippen LogP contribution in [0.4, 0.5) is 0 Å². The number of likely N-dealkylation sites (N-methyl/N-ethyl adjacent to an activating group) is 1. The van der Waals surface area contributed by atoms with Gasteiger partial charge < -0.3 is 10.2 Å². The van der Waals surface area contributed by atoms with Crippen LogP contribution in [0, 0.1) is 0 Å². The largest absolute Gasteiger partial charge is 0.304 e. The van der Waals surface area contributed by atoms with E-state index in [-0.39, 0.29) is 23.9 Å². The van der Waals surface area contributed by atoms with Gasteiger partial charge in [0.15, 0.2) is 0 Å². The first-order chi connectivity index (χ1) is 10.2. The van der Waals surface area contributed by atoms with Crippen molar-refractivity contribution in [3.8, 4) is 0 Å². The van der Waals surface area contributed by atoms with Gasteiger partial charge in [0.05, 0.1) is 12.5 Å². The molecule has 120 valence electrons. The van der Waals surface area contributed by atoms with Gasteiger partial charge in [-0.3, -0.25) is 14.5 Å². The van der Waals surface area contributed by atoms with Gasteiger partial charge in [-0.25, -0.2) is 0 Å². The third-order valence-corrected chi connectivity index (χ3v) is 4.68. The lowest BCUT2D eigenvalue weighted by atomic mass is 10.2. The predicted octanol–water partition coefficient (Wildman–Crippen LogP) is 1.38. The minimum absolute atomic E-state index is 0.00504. The standard InChI is InChI=1S/C16H29N3O2/c1-3-10-18(4-2)11-9-17-14-12-15(20)19(16(14)21)13-7-5-6-8-13/h13-14,17H,3-12H2,1-2H3. The summed E-state index contributed by atoms with van der Waals surface area (Å²) in [4.78, 5) is 28.4. The summed E-state index contributed by atoms with van der Waals surface area (Å²) in [6.07, 6.45) is 5.75. The Morgan fingerprint density at radius 1 is 1.19 bits per heavy atom. The van der Waals surface area contributed by atoms with Crippen molar-refractivity contribution in [3.05, 3.63) is 0 Å². The first-order valence-electron chi connectivity index (χ1n) is 8.49. The second-order valence-corrected chi connectivity index (χ2v) is 6.19. The first kappa shape index (κ1) is 16.4. The Hall–Kier alpha value is -0.940. The van der Waals surface area contributed by atoms with Gasteiger partial charge in [-0.15, -0.1) is 0 Å². The van der Waals surface area contributed by atoms with E-state index in [1.165, 1.54) is 0 Å². The Morgan fingerprint density at radius 3 is 2.52 bits per heavy atom. The Morgan fingerprint density at radius 2 is 1.90 bits per heavy atom. The lowest BCUT2D eigenvalue weighted by molar-refractivity contribution is -0.141.